The van der Waals surface area contributed by atoms with Crippen LogP contribution in [0.25, 0.3) is 10.1 Å². The molecule has 106 valence electrons. The number of ether oxygens (including phenoxy) is 1. The molecular weight excluding hydrogens is 278 g/mol. The van der Waals surface area contributed by atoms with Crippen molar-refractivity contribution in [2.75, 3.05) is 6.54 Å². The van der Waals surface area contributed by atoms with Crippen LogP contribution in [-0.4, -0.2) is 12.6 Å². The maximum atomic E-state index is 5.95. The normalized spacial score (nSPS) is 16.9. The molecule has 1 atom stereocenters. The number of benzene rings is 2. The van der Waals surface area contributed by atoms with E-state index in [1.807, 2.05) is 17.4 Å². The van der Waals surface area contributed by atoms with Crippen molar-refractivity contribution >= 4 is 21.4 Å². The first-order valence-corrected chi connectivity index (χ1v) is 8.18. The Morgan fingerprint density at radius 1 is 1.10 bits per heavy atom. The summed E-state index contributed by atoms with van der Waals surface area (Å²) in [7, 11) is 0. The highest BCUT2D eigenvalue weighted by Gasteiger charge is 2.21. The Labute approximate surface area is 128 Å². The van der Waals surface area contributed by atoms with Crippen molar-refractivity contribution in [1.29, 1.82) is 0 Å². The van der Waals surface area contributed by atoms with Crippen LogP contribution in [0.5, 0.6) is 5.75 Å². The molecule has 3 heteroatoms. The first-order valence-electron chi connectivity index (χ1n) is 7.30. The van der Waals surface area contributed by atoms with Gasteiger partial charge < -0.3 is 10.1 Å². The second-order valence-electron chi connectivity index (χ2n) is 5.44. The molecule has 3 aromatic rings. The van der Waals surface area contributed by atoms with Gasteiger partial charge in [-0.1, -0.05) is 36.4 Å². The summed E-state index contributed by atoms with van der Waals surface area (Å²) in [6, 6.07) is 16.9. The van der Waals surface area contributed by atoms with Gasteiger partial charge in [0.05, 0.1) is 0 Å². The SMILES string of the molecule is c1ccc2c(c1)C[C@H](CNCc1csc3ccccc13)O2. The largest absolute Gasteiger partial charge is 0.488 e. The Morgan fingerprint density at radius 3 is 2.90 bits per heavy atom. The lowest BCUT2D eigenvalue weighted by atomic mass is 10.1. The molecule has 0 fully saturated rings. The van der Waals surface area contributed by atoms with E-state index < -0.39 is 0 Å². The molecule has 0 saturated carbocycles. The van der Waals surface area contributed by atoms with Crippen LogP contribution in [0.4, 0.5) is 0 Å². The predicted molar refractivity (Wildman–Crippen MR) is 88.1 cm³/mol. The van der Waals surface area contributed by atoms with E-state index in [0.717, 1.165) is 25.3 Å². The molecule has 0 aliphatic carbocycles. The van der Waals surface area contributed by atoms with Crippen molar-refractivity contribution in [3.8, 4) is 5.75 Å². The van der Waals surface area contributed by atoms with E-state index in [9.17, 15) is 0 Å². The number of fused-ring (bicyclic) bond motifs is 2. The smallest absolute Gasteiger partial charge is 0.123 e. The molecule has 1 N–H and O–H groups in total. The lowest BCUT2D eigenvalue weighted by Gasteiger charge is -2.11. The van der Waals surface area contributed by atoms with Crippen LogP contribution in [0, 0.1) is 0 Å². The van der Waals surface area contributed by atoms with Crippen LogP contribution < -0.4 is 10.1 Å². The zero-order valence-electron chi connectivity index (χ0n) is 11.7. The molecule has 2 heterocycles. The Kier molecular flexibility index (Phi) is 3.37. The maximum absolute atomic E-state index is 5.95. The number of rotatable bonds is 4. The van der Waals surface area contributed by atoms with Gasteiger partial charge in [-0.3, -0.25) is 0 Å². The first-order chi connectivity index (χ1) is 10.4. The number of hydrogen-bond acceptors (Lipinski definition) is 3. The molecular formula is C18H17NOS. The number of para-hydroxylation sites is 1. The summed E-state index contributed by atoms with van der Waals surface area (Å²) in [6.45, 7) is 1.79. The lowest BCUT2D eigenvalue weighted by Crippen LogP contribution is -2.29. The van der Waals surface area contributed by atoms with Gasteiger partial charge in [0, 0.05) is 24.2 Å². The molecule has 1 aromatic heterocycles. The third kappa shape index (κ3) is 2.55. The van der Waals surface area contributed by atoms with Gasteiger partial charge in [0.15, 0.2) is 0 Å². The zero-order chi connectivity index (χ0) is 14.1. The first kappa shape index (κ1) is 12.9. The molecule has 0 radical (unpaired) electrons. The molecule has 1 aliphatic rings. The Balaban J connectivity index is 1.37. The van der Waals surface area contributed by atoms with Crippen LogP contribution in [0.1, 0.15) is 11.1 Å². The minimum atomic E-state index is 0.257. The molecule has 0 unspecified atom stereocenters. The molecule has 2 nitrogen and oxygen atoms in total. The molecule has 4 rings (SSSR count). The van der Waals surface area contributed by atoms with Crippen LogP contribution in [0.15, 0.2) is 53.9 Å². The Hall–Kier alpha value is -1.84. The third-order valence-electron chi connectivity index (χ3n) is 3.96. The van der Waals surface area contributed by atoms with Gasteiger partial charge in [0.25, 0.3) is 0 Å². The molecule has 21 heavy (non-hydrogen) atoms. The second-order valence-corrected chi connectivity index (χ2v) is 6.35. The molecule has 0 spiro atoms. The minimum Gasteiger partial charge on any atom is -0.488 e. The second kappa shape index (κ2) is 5.51. The van der Waals surface area contributed by atoms with Gasteiger partial charge in [-0.05, 0) is 34.0 Å². The summed E-state index contributed by atoms with van der Waals surface area (Å²) in [6.07, 6.45) is 1.26. The lowest BCUT2D eigenvalue weighted by molar-refractivity contribution is 0.227. The molecule has 0 amide bonds. The van der Waals surface area contributed by atoms with E-state index in [4.69, 9.17) is 4.74 Å². The standard InChI is InChI=1S/C18H17NOS/c1-3-7-17-13(5-1)9-15(20-17)11-19-10-14-12-21-18-8-4-2-6-16(14)18/h1-8,12,15,19H,9-11H2/t15-/m1/s1. The zero-order valence-corrected chi connectivity index (χ0v) is 12.5. The summed E-state index contributed by atoms with van der Waals surface area (Å²) in [4.78, 5) is 0. The summed E-state index contributed by atoms with van der Waals surface area (Å²) in [5.41, 5.74) is 2.70. The van der Waals surface area contributed by atoms with Crippen molar-refractivity contribution in [1.82, 2.24) is 5.32 Å². The fourth-order valence-corrected chi connectivity index (χ4v) is 3.87. The minimum absolute atomic E-state index is 0.257. The average Bonchev–Trinajstić information content (AvgIpc) is 3.11. The number of thiophene rings is 1. The topological polar surface area (TPSA) is 21.3 Å². The van der Waals surface area contributed by atoms with E-state index in [1.165, 1.54) is 21.2 Å². The highest BCUT2D eigenvalue weighted by Crippen LogP contribution is 2.28. The van der Waals surface area contributed by atoms with Crippen molar-refractivity contribution in [3.63, 3.8) is 0 Å². The van der Waals surface area contributed by atoms with Crippen LogP contribution in [0.2, 0.25) is 0 Å². The van der Waals surface area contributed by atoms with Gasteiger partial charge in [-0.15, -0.1) is 11.3 Å². The molecule has 2 aromatic carbocycles. The number of hydrogen-bond donors (Lipinski definition) is 1. The van der Waals surface area contributed by atoms with Crippen LogP contribution in [-0.2, 0) is 13.0 Å². The van der Waals surface area contributed by atoms with E-state index in [0.29, 0.717) is 0 Å². The fraction of sp³-hybridized carbons (Fsp3) is 0.222. The van der Waals surface area contributed by atoms with Crippen molar-refractivity contribution in [3.05, 3.63) is 65.0 Å². The highest BCUT2D eigenvalue weighted by molar-refractivity contribution is 7.17. The van der Waals surface area contributed by atoms with E-state index >= 15 is 0 Å². The molecule has 1 aliphatic heterocycles. The third-order valence-corrected chi connectivity index (χ3v) is 4.97. The van der Waals surface area contributed by atoms with Crippen LogP contribution >= 0.6 is 11.3 Å². The van der Waals surface area contributed by atoms with E-state index in [1.54, 1.807) is 0 Å². The summed E-state index contributed by atoms with van der Waals surface area (Å²) in [5, 5.41) is 7.16. The summed E-state index contributed by atoms with van der Waals surface area (Å²) in [5.74, 6) is 1.05. The van der Waals surface area contributed by atoms with Gasteiger partial charge in [0.2, 0.25) is 0 Å². The van der Waals surface area contributed by atoms with Gasteiger partial charge in [0.1, 0.15) is 11.9 Å². The van der Waals surface area contributed by atoms with Crippen LogP contribution in [0.3, 0.4) is 0 Å². The van der Waals surface area contributed by atoms with Crippen molar-refractivity contribution < 1.29 is 4.74 Å². The van der Waals surface area contributed by atoms with Gasteiger partial charge in [-0.25, -0.2) is 0 Å². The number of nitrogens with one attached hydrogen (secondary N) is 1. The van der Waals surface area contributed by atoms with E-state index in [2.05, 4.69) is 53.2 Å². The average molecular weight is 295 g/mol. The molecule has 0 bridgehead atoms. The monoisotopic (exact) mass is 295 g/mol. The van der Waals surface area contributed by atoms with E-state index in [-0.39, 0.29) is 6.10 Å². The fourth-order valence-electron chi connectivity index (χ4n) is 2.91. The van der Waals surface area contributed by atoms with Crippen molar-refractivity contribution in [2.45, 2.75) is 19.1 Å². The highest BCUT2D eigenvalue weighted by atomic mass is 32.1. The van der Waals surface area contributed by atoms with Gasteiger partial charge >= 0.3 is 0 Å². The van der Waals surface area contributed by atoms with Crippen molar-refractivity contribution in [2.24, 2.45) is 0 Å². The Bertz CT molecular complexity index is 740. The summed E-state index contributed by atoms with van der Waals surface area (Å²) >= 11 is 1.82. The Morgan fingerprint density at radius 2 is 1.95 bits per heavy atom. The molecule has 0 saturated heterocycles. The van der Waals surface area contributed by atoms with Gasteiger partial charge in [-0.2, -0.15) is 0 Å². The predicted octanol–water partition coefficient (Wildman–Crippen LogP) is 3.99. The summed E-state index contributed by atoms with van der Waals surface area (Å²) < 4.78 is 7.31. The maximum Gasteiger partial charge on any atom is 0.123 e. The quantitative estimate of drug-likeness (QED) is 0.785.